The molecule has 168 valence electrons. The van der Waals surface area contributed by atoms with E-state index in [1.54, 1.807) is 12.1 Å². The van der Waals surface area contributed by atoms with Crippen LogP contribution in [0.15, 0.2) is 35.2 Å². The van der Waals surface area contributed by atoms with Crippen LogP contribution in [0.3, 0.4) is 0 Å². The number of phenolic OH excluding ortho intramolecular Hbond substituents is 3. The van der Waals surface area contributed by atoms with Gasteiger partial charge in [0.05, 0.1) is 16.2 Å². The van der Waals surface area contributed by atoms with Gasteiger partial charge in [-0.1, -0.05) is 53.7 Å². The van der Waals surface area contributed by atoms with Crippen LogP contribution in [0.5, 0.6) is 17.2 Å². The molecule has 0 aliphatic rings. The van der Waals surface area contributed by atoms with Gasteiger partial charge in [-0.05, 0) is 34.6 Å². The summed E-state index contributed by atoms with van der Waals surface area (Å²) >= 11 is 1.07. The van der Waals surface area contributed by atoms with Crippen LogP contribution in [0, 0.1) is 0 Å². The van der Waals surface area contributed by atoms with E-state index in [2.05, 4.69) is 10.9 Å². The van der Waals surface area contributed by atoms with E-state index in [1.807, 2.05) is 47.6 Å². The number of thioether (sulfide) groups is 1. The van der Waals surface area contributed by atoms with Crippen LogP contribution in [0.4, 0.5) is 0 Å². The molecule has 5 N–H and O–H groups in total. The van der Waals surface area contributed by atoms with Crippen LogP contribution in [0.1, 0.15) is 63.0 Å². The molecule has 31 heavy (non-hydrogen) atoms. The van der Waals surface area contributed by atoms with Gasteiger partial charge in [-0.15, -0.1) is 11.8 Å². The summed E-state index contributed by atoms with van der Waals surface area (Å²) in [6.07, 6.45) is 0. The van der Waals surface area contributed by atoms with Gasteiger partial charge in [0, 0.05) is 5.56 Å². The first-order valence-electron chi connectivity index (χ1n) is 9.83. The van der Waals surface area contributed by atoms with E-state index in [4.69, 9.17) is 0 Å². The Morgan fingerprint density at radius 3 is 2.00 bits per heavy atom. The van der Waals surface area contributed by atoms with Crippen molar-refractivity contribution in [2.75, 3.05) is 5.75 Å². The standard InChI is InChI=1S/C23H30N2O5S/c1-22(2,3)14-11-15(23(4,5)6)20(19(29)18(14)28)31-12-17(27)24-25-21(30)13-9-7-8-10-16(13)26/h7-11,26,28-29H,12H2,1-6H3,(H,24,27)(H,25,30). The van der Waals surface area contributed by atoms with Crippen molar-refractivity contribution in [1.82, 2.24) is 10.9 Å². The van der Waals surface area contributed by atoms with Crippen LogP contribution in [-0.2, 0) is 15.6 Å². The van der Waals surface area contributed by atoms with Crippen molar-refractivity contribution in [3.05, 3.63) is 47.0 Å². The van der Waals surface area contributed by atoms with Crippen LogP contribution >= 0.6 is 11.8 Å². The summed E-state index contributed by atoms with van der Waals surface area (Å²) in [6, 6.07) is 7.85. The summed E-state index contributed by atoms with van der Waals surface area (Å²) in [5, 5.41) is 31.0. The molecule has 0 atom stereocenters. The summed E-state index contributed by atoms with van der Waals surface area (Å²) in [6.45, 7) is 11.8. The molecule has 0 saturated carbocycles. The number of carbonyl (C=O) groups excluding carboxylic acids is 2. The molecule has 0 spiro atoms. The third-order valence-corrected chi connectivity index (χ3v) is 5.76. The molecule has 2 rings (SSSR count). The lowest BCUT2D eigenvalue weighted by molar-refractivity contribution is -0.119. The number of carbonyl (C=O) groups is 2. The Bertz CT molecular complexity index is 991. The van der Waals surface area contributed by atoms with Crippen molar-refractivity contribution in [2.45, 2.75) is 57.3 Å². The zero-order valence-electron chi connectivity index (χ0n) is 18.7. The predicted octanol–water partition coefficient (Wildman–Crippen LogP) is 3.95. The lowest BCUT2D eigenvalue weighted by Gasteiger charge is -2.29. The van der Waals surface area contributed by atoms with Gasteiger partial charge in [0.15, 0.2) is 11.5 Å². The van der Waals surface area contributed by atoms with E-state index in [9.17, 15) is 24.9 Å². The predicted molar refractivity (Wildman–Crippen MR) is 122 cm³/mol. The second-order valence-electron chi connectivity index (χ2n) is 9.31. The van der Waals surface area contributed by atoms with E-state index >= 15 is 0 Å². The minimum Gasteiger partial charge on any atom is -0.507 e. The average Bonchev–Trinajstić information content (AvgIpc) is 2.65. The number of phenols is 3. The highest BCUT2D eigenvalue weighted by Crippen LogP contribution is 2.48. The minimum absolute atomic E-state index is 0.0332. The Kier molecular flexibility index (Phi) is 7.16. The number of nitrogens with one attached hydrogen (secondary N) is 2. The molecule has 0 saturated heterocycles. The van der Waals surface area contributed by atoms with Gasteiger partial charge in [0.25, 0.3) is 5.91 Å². The Morgan fingerprint density at radius 1 is 0.871 bits per heavy atom. The maximum Gasteiger partial charge on any atom is 0.273 e. The molecule has 0 aliphatic heterocycles. The van der Waals surface area contributed by atoms with Crippen molar-refractivity contribution >= 4 is 23.6 Å². The van der Waals surface area contributed by atoms with Gasteiger partial charge in [-0.3, -0.25) is 20.4 Å². The van der Waals surface area contributed by atoms with Gasteiger partial charge in [0.2, 0.25) is 5.91 Å². The number of amides is 2. The molecule has 8 heteroatoms. The Morgan fingerprint density at radius 2 is 1.45 bits per heavy atom. The number of benzene rings is 2. The van der Waals surface area contributed by atoms with Crippen molar-refractivity contribution in [1.29, 1.82) is 0 Å². The number of hydrazine groups is 1. The van der Waals surface area contributed by atoms with Gasteiger partial charge in [-0.2, -0.15) is 0 Å². The average molecular weight is 447 g/mol. The monoisotopic (exact) mass is 446 g/mol. The zero-order chi connectivity index (χ0) is 23.6. The number of rotatable bonds is 4. The Hall–Kier alpha value is -2.87. The summed E-state index contributed by atoms with van der Waals surface area (Å²) in [7, 11) is 0. The molecular formula is C23H30N2O5S. The topological polar surface area (TPSA) is 119 Å². The maximum atomic E-state index is 12.3. The van der Waals surface area contributed by atoms with E-state index in [0.717, 1.165) is 17.3 Å². The molecule has 2 aromatic carbocycles. The zero-order valence-corrected chi connectivity index (χ0v) is 19.5. The number of hydrogen-bond acceptors (Lipinski definition) is 6. The third-order valence-electron chi connectivity index (χ3n) is 4.66. The highest BCUT2D eigenvalue weighted by atomic mass is 32.2. The Labute approximate surface area is 186 Å². The summed E-state index contributed by atoms with van der Waals surface area (Å²) in [4.78, 5) is 24.8. The van der Waals surface area contributed by atoms with Crippen LogP contribution in [0.2, 0.25) is 0 Å². The molecule has 2 amide bonds. The number of aromatic hydroxyl groups is 3. The van der Waals surface area contributed by atoms with Crippen molar-refractivity contribution in [3.63, 3.8) is 0 Å². The van der Waals surface area contributed by atoms with Gasteiger partial charge >= 0.3 is 0 Å². The molecule has 0 unspecified atom stereocenters. The largest absolute Gasteiger partial charge is 0.507 e. The lowest BCUT2D eigenvalue weighted by Crippen LogP contribution is -2.42. The maximum absolute atomic E-state index is 12.3. The Balaban J connectivity index is 2.17. The van der Waals surface area contributed by atoms with Crippen molar-refractivity contribution in [3.8, 4) is 17.2 Å². The second-order valence-corrected chi connectivity index (χ2v) is 10.3. The van der Waals surface area contributed by atoms with Gasteiger partial charge in [0.1, 0.15) is 5.75 Å². The molecule has 0 bridgehead atoms. The smallest absolute Gasteiger partial charge is 0.273 e. The highest BCUT2D eigenvalue weighted by molar-refractivity contribution is 8.00. The normalized spacial score (nSPS) is 11.8. The fourth-order valence-corrected chi connectivity index (χ4v) is 4.05. The van der Waals surface area contributed by atoms with E-state index < -0.39 is 11.8 Å². The fourth-order valence-electron chi connectivity index (χ4n) is 2.95. The molecule has 2 aromatic rings. The molecule has 0 aromatic heterocycles. The second kappa shape index (κ2) is 9.09. The molecule has 0 radical (unpaired) electrons. The third kappa shape index (κ3) is 5.85. The van der Waals surface area contributed by atoms with Gasteiger partial charge < -0.3 is 15.3 Å². The minimum atomic E-state index is -0.651. The van der Waals surface area contributed by atoms with Crippen LogP contribution in [-0.4, -0.2) is 32.9 Å². The molecule has 0 fully saturated rings. The fraction of sp³-hybridized carbons (Fsp3) is 0.391. The highest BCUT2D eigenvalue weighted by Gasteiger charge is 2.29. The summed E-state index contributed by atoms with van der Waals surface area (Å²) in [5.74, 6) is -1.91. The van der Waals surface area contributed by atoms with E-state index in [1.165, 1.54) is 12.1 Å². The molecule has 0 heterocycles. The van der Waals surface area contributed by atoms with Crippen LogP contribution in [0.25, 0.3) is 0 Å². The van der Waals surface area contributed by atoms with E-state index in [0.29, 0.717) is 10.5 Å². The SMILES string of the molecule is CC(C)(C)c1cc(C(C)(C)C)c(SCC(=O)NNC(=O)c2ccccc2O)c(O)c1O. The summed E-state index contributed by atoms with van der Waals surface area (Å²) in [5.41, 5.74) is 5.29. The van der Waals surface area contributed by atoms with E-state index in [-0.39, 0.29) is 39.4 Å². The summed E-state index contributed by atoms with van der Waals surface area (Å²) < 4.78 is 0. The van der Waals surface area contributed by atoms with Gasteiger partial charge in [-0.25, -0.2) is 0 Å². The molecule has 7 nitrogen and oxygen atoms in total. The first kappa shape index (κ1) is 24.4. The first-order valence-corrected chi connectivity index (χ1v) is 10.8. The van der Waals surface area contributed by atoms with Crippen molar-refractivity contribution < 1.29 is 24.9 Å². The number of para-hydroxylation sites is 1. The molecule has 0 aliphatic carbocycles. The quantitative estimate of drug-likeness (QED) is 0.276. The number of hydrogen-bond donors (Lipinski definition) is 5. The first-order chi connectivity index (χ1) is 14.2. The van der Waals surface area contributed by atoms with Crippen molar-refractivity contribution in [2.24, 2.45) is 0 Å². The molecular weight excluding hydrogens is 416 g/mol. The van der Waals surface area contributed by atoms with Crippen LogP contribution < -0.4 is 10.9 Å². The lowest BCUT2D eigenvalue weighted by atomic mass is 9.80.